The first-order valence-electron chi connectivity index (χ1n) is 8.16. The molecule has 26 heavy (non-hydrogen) atoms. The van der Waals surface area contributed by atoms with E-state index in [4.69, 9.17) is 10.3 Å². The Morgan fingerprint density at radius 2 is 1.96 bits per heavy atom. The number of nitrogens with one attached hydrogen (secondary N) is 1. The highest BCUT2D eigenvalue weighted by Gasteiger charge is 2.25. The third-order valence-corrected chi connectivity index (χ3v) is 3.72. The molecule has 2 heterocycles. The predicted octanol–water partition coefficient (Wildman–Crippen LogP) is 2.79. The Balaban J connectivity index is 0.00000312. The van der Waals surface area contributed by atoms with Gasteiger partial charge in [0.15, 0.2) is 0 Å². The zero-order chi connectivity index (χ0) is 17.6. The summed E-state index contributed by atoms with van der Waals surface area (Å²) in [5.74, 6) is 1.33. The number of amides is 1. The molecule has 1 unspecified atom stereocenters. The third kappa shape index (κ3) is 7.27. The Hall–Kier alpha value is -1.70. The Bertz CT molecular complexity index is 666. The number of nitrogens with zero attached hydrogens (tertiary/aromatic N) is 3. The Morgan fingerprint density at radius 1 is 1.31 bits per heavy atom. The molecule has 2 rings (SSSR count). The summed E-state index contributed by atoms with van der Waals surface area (Å²) in [5.41, 5.74) is 6.26. The quantitative estimate of drug-likeness (QED) is 0.701. The number of aromatic nitrogens is 3. The van der Waals surface area contributed by atoms with Gasteiger partial charge in [-0.25, -0.2) is 0 Å². The van der Waals surface area contributed by atoms with Gasteiger partial charge in [0.2, 0.25) is 17.6 Å². The van der Waals surface area contributed by atoms with Crippen molar-refractivity contribution in [2.45, 2.75) is 45.6 Å². The lowest BCUT2D eigenvalue weighted by atomic mass is 9.90. The van der Waals surface area contributed by atoms with Gasteiger partial charge in [-0.05, 0) is 31.4 Å². The number of aryl methyl sites for hydroxylation is 1. The largest absolute Gasteiger partial charge is 0.350 e. The Kier molecular flexibility index (Phi) is 10.4. The molecule has 146 valence electrons. The van der Waals surface area contributed by atoms with Gasteiger partial charge in [0, 0.05) is 42.9 Å². The fourth-order valence-electron chi connectivity index (χ4n) is 2.68. The molecule has 0 spiro atoms. The fraction of sp³-hybridized carbons (Fsp3) is 0.529. The summed E-state index contributed by atoms with van der Waals surface area (Å²) in [4.78, 5) is 20.4. The Labute approximate surface area is 166 Å². The number of halogens is 2. The summed E-state index contributed by atoms with van der Waals surface area (Å²) in [5, 5.41) is 6.95. The van der Waals surface area contributed by atoms with Gasteiger partial charge in [0.25, 0.3) is 0 Å². The first-order chi connectivity index (χ1) is 11.4. The summed E-state index contributed by atoms with van der Waals surface area (Å²) in [6.07, 6.45) is 4.85. The highest BCUT2D eigenvalue weighted by atomic mass is 35.5. The smallest absolute Gasteiger partial charge is 0.227 e. The average molecular weight is 404 g/mol. The van der Waals surface area contributed by atoms with Crippen molar-refractivity contribution in [1.29, 1.82) is 0 Å². The molecule has 0 fully saturated rings. The number of rotatable bonds is 8. The van der Waals surface area contributed by atoms with E-state index in [0.29, 0.717) is 30.6 Å². The van der Waals surface area contributed by atoms with Gasteiger partial charge < -0.3 is 15.6 Å². The van der Waals surface area contributed by atoms with E-state index >= 15 is 0 Å². The molecule has 0 radical (unpaired) electrons. The highest BCUT2D eigenvalue weighted by molar-refractivity contribution is 5.85. The van der Waals surface area contributed by atoms with Crippen LogP contribution in [0.4, 0.5) is 0 Å². The van der Waals surface area contributed by atoms with E-state index in [1.54, 1.807) is 24.5 Å². The lowest BCUT2D eigenvalue weighted by Gasteiger charge is -2.31. The normalized spacial score (nSPS) is 12.7. The second kappa shape index (κ2) is 11.1. The van der Waals surface area contributed by atoms with Gasteiger partial charge in [0.05, 0.1) is 0 Å². The summed E-state index contributed by atoms with van der Waals surface area (Å²) >= 11 is 0. The molecule has 7 nitrogen and oxygen atoms in total. The van der Waals surface area contributed by atoms with Gasteiger partial charge in [-0.1, -0.05) is 19.0 Å². The van der Waals surface area contributed by atoms with Crippen LogP contribution in [0.15, 0.2) is 29.0 Å². The first-order valence-corrected chi connectivity index (χ1v) is 8.16. The van der Waals surface area contributed by atoms with Gasteiger partial charge >= 0.3 is 0 Å². The van der Waals surface area contributed by atoms with Crippen LogP contribution in [-0.4, -0.2) is 33.1 Å². The minimum absolute atomic E-state index is 0. The van der Waals surface area contributed by atoms with Crippen LogP contribution in [0.5, 0.6) is 0 Å². The zero-order valence-corrected chi connectivity index (χ0v) is 16.9. The second-order valence-electron chi connectivity index (χ2n) is 6.66. The van der Waals surface area contributed by atoms with Crippen LogP contribution in [0.25, 0.3) is 11.4 Å². The minimum atomic E-state index is -0.387. The number of carbonyl (C=O) groups is 1. The van der Waals surface area contributed by atoms with Crippen LogP contribution >= 0.6 is 24.8 Å². The Morgan fingerprint density at radius 3 is 2.54 bits per heavy atom. The van der Waals surface area contributed by atoms with E-state index in [1.807, 2.05) is 6.92 Å². The van der Waals surface area contributed by atoms with E-state index in [9.17, 15) is 4.79 Å². The molecular formula is C17H27Cl2N5O2. The van der Waals surface area contributed by atoms with E-state index in [1.165, 1.54) is 0 Å². The van der Waals surface area contributed by atoms with Gasteiger partial charge in [-0.2, -0.15) is 4.98 Å². The molecule has 0 saturated carbocycles. The molecular weight excluding hydrogens is 377 g/mol. The predicted molar refractivity (Wildman–Crippen MR) is 105 cm³/mol. The summed E-state index contributed by atoms with van der Waals surface area (Å²) < 4.78 is 5.20. The number of hydrogen-bond acceptors (Lipinski definition) is 6. The van der Waals surface area contributed by atoms with Crippen molar-refractivity contribution in [3.63, 3.8) is 0 Å². The van der Waals surface area contributed by atoms with Crippen LogP contribution in [0.1, 0.15) is 39.5 Å². The molecule has 0 aliphatic carbocycles. The average Bonchev–Trinajstić information content (AvgIpc) is 3.02. The highest BCUT2D eigenvalue weighted by Crippen LogP contribution is 2.17. The lowest BCUT2D eigenvalue weighted by Crippen LogP contribution is -2.52. The topological polar surface area (TPSA) is 107 Å². The maximum Gasteiger partial charge on any atom is 0.227 e. The molecule has 3 N–H and O–H groups in total. The molecule has 0 saturated heterocycles. The minimum Gasteiger partial charge on any atom is -0.350 e. The van der Waals surface area contributed by atoms with Crippen molar-refractivity contribution < 1.29 is 9.32 Å². The van der Waals surface area contributed by atoms with Crippen molar-refractivity contribution in [1.82, 2.24) is 20.4 Å². The van der Waals surface area contributed by atoms with Crippen molar-refractivity contribution in [2.75, 3.05) is 6.54 Å². The molecule has 1 amide bonds. The SMILES string of the molecule is CC(C)CC(C)(CN)NC(=O)CCc1nc(-c2ccncc2)no1.Cl.Cl. The summed E-state index contributed by atoms with van der Waals surface area (Å²) in [7, 11) is 0. The lowest BCUT2D eigenvalue weighted by molar-refractivity contribution is -0.123. The van der Waals surface area contributed by atoms with E-state index in [0.717, 1.165) is 12.0 Å². The maximum absolute atomic E-state index is 12.2. The summed E-state index contributed by atoms with van der Waals surface area (Å²) in [6.45, 7) is 6.60. The maximum atomic E-state index is 12.2. The van der Waals surface area contributed by atoms with Crippen LogP contribution in [0.2, 0.25) is 0 Å². The number of hydrogen-bond donors (Lipinski definition) is 2. The molecule has 0 aliphatic heterocycles. The van der Waals surface area contributed by atoms with Crippen LogP contribution in [0.3, 0.4) is 0 Å². The molecule has 2 aromatic heterocycles. The fourth-order valence-corrected chi connectivity index (χ4v) is 2.68. The van der Waals surface area contributed by atoms with Gasteiger partial charge in [0.1, 0.15) is 0 Å². The molecule has 1 atom stereocenters. The van der Waals surface area contributed by atoms with E-state index in [2.05, 4.69) is 34.3 Å². The van der Waals surface area contributed by atoms with Gasteiger partial charge in [-0.15, -0.1) is 24.8 Å². The third-order valence-electron chi connectivity index (χ3n) is 3.72. The summed E-state index contributed by atoms with van der Waals surface area (Å²) in [6, 6.07) is 3.61. The molecule has 0 bridgehead atoms. The molecule has 2 aromatic rings. The van der Waals surface area contributed by atoms with Crippen LogP contribution in [0, 0.1) is 5.92 Å². The van der Waals surface area contributed by atoms with Crippen molar-refractivity contribution in [2.24, 2.45) is 11.7 Å². The number of nitrogens with two attached hydrogens (primary N) is 1. The molecule has 0 aliphatic rings. The first kappa shape index (κ1) is 24.3. The van der Waals surface area contributed by atoms with Gasteiger partial charge in [-0.3, -0.25) is 9.78 Å². The zero-order valence-electron chi connectivity index (χ0n) is 15.3. The van der Waals surface area contributed by atoms with Crippen LogP contribution < -0.4 is 11.1 Å². The van der Waals surface area contributed by atoms with Crippen molar-refractivity contribution >= 4 is 30.7 Å². The monoisotopic (exact) mass is 403 g/mol. The van der Waals surface area contributed by atoms with Crippen molar-refractivity contribution in [3.05, 3.63) is 30.4 Å². The van der Waals surface area contributed by atoms with Crippen LogP contribution in [-0.2, 0) is 11.2 Å². The van der Waals surface area contributed by atoms with E-state index < -0.39 is 0 Å². The second-order valence-corrected chi connectivity index (χ2v) is 6.66. The molecule has 0 aromatic carbocycles. The van der Waals surface area contributed by atoms with E-state index in [-0.39, 0.29) is 42.7 Å². The standard InChI is InChI=1S/C17H25N5O2.2ClH/c1-12(2)10-17(3,11-18)21-14(23)4-5-15-20-16(22-24-15)13-6-8-19-9-7-13;;/h6-9,12H,4-5,10-11,18H2,1-3H3,(H,21,23);2*1H. The van der Waals surface area contributed by atoms with Crippen molar-refractivity contribution in [3.8, 4) is 11.4 Å². The number of carbonyl (C=O) groups excluding carboxylic acids is 1. The number of pyridine rings is 1. The molecule has 9 heteroatoms.